The van der Waals surface area contributed by atoms with Crippen LogP contribution >= 0.6 is 12.4 Å². The number of hydrogen-bond acceptors (Lipinski definition) is 6. The van der Waals surface area contributed by atoms with Gasteiger partial charge in [0.1, 0.15) is 12.8 Å². The van der Waals surface area contributed by atoms with Crippen molar-refractivity contribution in [3.63, 3.8) is 0 Å². The Labute approximate surface area is 110 Å². The maximum atomic E-state index is 10.9. The zero-order valence-corrected chi connectivity index (χ0v) is 10.7. The van der Waals surface area contributed by atoms with Gasteiger partial charge in [0.2, 0.25) is 0 Å². The minimum Gasteiger partial charge on any atom is -0.481 e. The van der Waals surface area contributed by atoms with Gasteiger partial charge in [-0.15, -0.1) is 12.4 Å². The fraction of sp³-hybridized carbons (Fsp3) is 0.667. The van der Waals surface area contributed by atoms with Gasteiger partial charge in [-0.25, -0.2) is 4.79 Å². The number of carbonyl (C=O) groups is 3. The van der Waals surface area contributed by atoms with E-state index in [9.17, 15) is 14.4 Å². The lowest BCUT2D eigenvalue weighted by molar-refractivity contribution is -0.146. The van der Waals surface area contributed by atoms with Crippen LogP contribution in [0.1, 0.15) is 20.3 Å². The van der Waals surface area contributed by atoms with E-state index in [0.717, 1.165) is 0 Å². The maximum Gasteiger partial charge on any atom is 0.509 e. The van der Waals surface area contributed by atoms with Gasteiger partial charge in [-0.2, -0.15) is 0 Å². The van der Waals surface area contributed by atoms with Crippen LogP contribution in [0.25, 0.3) is 0 Å². The molecule has 0 aliphatic heterocycles. The highest BCUT2D eigenvalue weighted by Gasteiger charge is 2.20. The summed E-state index contributed by atoms with van der Waals surface area (Å²) in [5.74, 6) is -2.61. The van der Waals surface area contributed by atoms with Crippen LogP contribution in [-0.2, 0) is 19.1 Å². The SMILES string of the molecule is CC(C)OC(=O)OCN[C@@H](CC(=O)O)C(=O)O.Cl. The van der Waals surface area contributed by atoms with Gasteiger partial charge in [-0.05, 0) is 13.8 Å². The summed E-state index contributed by atoms with van der Waals surface area (Å²) >= 11 is 0. The number of carboxylic acid groups (broad SMARTS) is 2. The summed E-state index contributed by atoms with van der Waals surface area (Å²) in [6.45, 7) is 2.81. The molecule has 0 aliphatic carbocycles. The number of ether oxygens (including phenoxy) is 2. The second-order valence-corrected chi connectivity index (χ2v) is 3.40. The molecule has 0 aromatic heterocycles. The van der Waals surface area contributed by atoms with Crippen molar-refractivity contribution in [2.75, 3.05) is 6.73 Å². The van der Waals surface area contributed by atoms with Crippen LogP contribution in [0, 0.1) is 0 Å². The Hall–Kier alpha value is -1.54. The van der Waals surface area contributed by atoms with Crippen LogP contribution in [0.15, 0.2) is 0 Å². The monoisotopic (exact) mass is 285 g/mol. The molecule has 18 heavy (non-hydrogen) atoms. The lowest BCUT2D eigenvalue weighted by atomic mass is 10.2. The van der Waals surface area contributed by atoms with Gasteiger partial charge in [0, 0.05) is 0 Å². The van der Waals surface area contributed by atoms with E-state index in [0.29, 0.717) is 0 Å². The molecule has 0 saturated heterocycles. The quantitative estimate of drug-likeness (QED) is 0.455. The van der Waals surface area contributed by atoms with Gasteiger partial charge in [0.05, 0.1) is 12.5 Å². The molecule has 0 aromatic carbocycles. The van der Waals surface area contributed by atoms with E-state index in [2.05, 4.69) is 14.8 Å². The molecule has 106 valence electrons. The zero-order valence-electron chi connectivity index (χ0n) is 9.91. The Balaban J connectivity index is 0. The first kappa shape index (κ1) is 18.8. The number of carbonyl (C=O) groups excluding carboxylic acids is 1. The minimum atomic E-state index is -1.34. The van der Waals surface area contributed by atoms with Crippen LogP contribution in [0.3, 0.4) is 0 Å². The van der Waals surface area contributed by atoms with E-state index >= 15 is 0 Å². The highest BCUT2D eigenvalue weighted by Crippen LogP contribution is 1.95. The van der Waals surface area contributed by atoms with Crippen molar-refractivity contribution in [3.05, 3.63) is 0 Å². The van der Waals surface area contributed by atoms with Crippen molar-refractivity contribution in [1.82, 2.24) is 5.32 Å². The average molecular weight is 286 g/mol. The Morgan fingerprint density at radius 3 is 2.17 bits per heavy atom. The zero-order chi connectivity index (χ0) is 13.4. The van der Waals surface area contributed by atoms with Crippen molar-refractivity contribution in [2.24, 2.45) is 0 Å². The van der Waals surface area contributed by atoms with Crippen LogP contribution in [-0.4, -0.2) is 47.2 Å². The largest absolute Gasteiger partial charge is 0.509 e. The molecular formula is C9H16ClNO7. The van der Waals surface area contributed by atoms with E-state index in [1.807, 2.05) is 0 Å². The summed E-state index contributed by atoms with van der Waals surface area (Å²) in [4.78, 5) is 31.8. The molecule has 0 aliphatic rings. The molecule has 1 atom stereocenters. The smallest absolute Gasteiger partial charge is 0.481 e. The first-order valence-electron chi connectivity index (χ1n) is 4.84. The number of hydrogen-bond donors (Lipinski definition) is 3. The van der Waals surface area contributed by atoms with E-state index in [1.54, 1.807) is 13.8 Å². The molecule has 8 nitrogen and oxygen atoms in total. The maximum absolute atomic E-state index is 10.9. The molecule has 0 aromatic rings. The standard InChI is InChI=1S/C9H15NO7.ClH/c1-5(2)17-9(15)16-4-10-6(8(13)14)3-7(11)12;/h5-6,10H,3-4H2,1-2H3,(H,11,12)(H,13,14);1H/t6-;/m0./s1. The van der Waals surface area contributed by atoms with Crippen LogP contribution < -0.4 is 5.32 Å². The molecule has 0 heterocycles. The van der Waals surface area contributed by atoms with Crippen molar-refractivity contribution in [1.29, 1.82) is 0 Å². The summed E-state index contributed by atoms with van der Waals surface area (Å²) < 4.78 is 9.10. The van der Waals surface area contributed by atoms with Gasteiger partial charge >= 0.3 is 18.1 Å². The van der Waals surface area contributed by atoms with E-state index in [-0.39, 0.29) is 18.5 Å². The van der Waals surface area contributed by atoms with E-state index < -0.39 is 37.3 Å². The van der Waals surface area contributed by atoms with Crippen LogP contribution in [0.5, 0.6) is 0 Å². The molecule has 3 N–H and O–H groups in total. The van der Waals surface area contributed by atoms with Gasteiger partial charge in [0.15, 0.2) is 0 Å². The molecule has 0 radical (unpaired) electrons. The first-order chi connectivity index (χ1) is 7.82. The molecule has 0 saturated carbocycles. The van der Waals surface area contributed by atoms with Crippen LogP contribution in [0.2, 0.25) is 0 Å². The third kappa shape index (κ3) is 9.67. The third-order valence-corrected chi connectivity index (χ3v) is 1.53. The van der Waals surface area contributed by atoms with Crippen molar-refractivity contribution in [3.8, 4) is 0 Å². The summed E-state index contributed by atoms with van der Waals surface area (Å²) in [7, 11) is 0. The summed E-state index contributed by atoms with van der Waals surface area (Å²) in [5, 5.41) is 19.3. The predicted molar refractivity (Wildman–Crippen MR) is 61.6 cm³/mol. The van der Waals surface area contributed by atoms with Crippen molar-refractivity contribution >= 4 is 30.5 Å². The normalized spacial score (nSPS) is 11.3. The molecule has 0 amide bonds. The molecule has 0 fully saturated rings. The highest BCUT2D eigenvalue weighted by molar-refractivity contribution is 5.85. The number of halogens is 1. The molecular weight excluding hydrogens is 270 g/mol. The number of aliphatic carboxylic acids is 2. The van der Waals surface area contributed by atoms with Gasteiger partial charge in [-0.1, -0.05) is 0 Å². The first-order valence-corrected chi connectivity index (χ1v) is 4.84. The second-order valence-electron chi connectivity index (χ2n) is 3.40. The average Bonchev–Trinajstić information content (AvgIpc) is 2.13. The number of nitrogens with one attached hydrogen (secondary N) is 1. The fourth-order valence-corrected chi connectivity index (χ4v) is 0.849. The Morgan fingerprint density at radius 1 is 1.22 bits per heavy atom. The lowest BCUT2D eigenvalue weighted by Gasteiger charge is -2.13. The molecule has 0 unspecified atom stereocenters. The Kier molecular flexibility index (Phi) is 9.92. The molecule has 0 bridgehead atoms. The van der Waals surface area contributed by atoms with Gasteiger partial charge in [-0.3, -0.25) is 14.9 Å². The number of carboxylic acids is 2. The molecule has 9 heteroatoms. The minimum absolute atomic E-state index is 0. The molecule has 0 rings (SSSR count). The molecule has 0 spiro atoms. The topological polar surface area (TPSA) is 122 Å². The summed E-state index contributed by atoms with van der Waals surface area (Å²) in [6.07, 6.45) is -1.92. The van der Waals surface area contributed by atoms with Gasteiger partial charge < -0.3 is 19.7 Å². The summed E-state index contributed by atoms with van der Waals surface area (Å²) in [5.41, 5.74) is 0. The van der Waals surface area contributed by atoms with Gasteiger partial charge in [0.25, 0.3) is 0 Å². The predicted octanol–water partition coefficient (Wildman–Crippen LogP) is 0.445. The lowest BCUT2D eigenvalue weighted by Crippen LogP contribution is -2.40. The Bertz CT molecular complexity index is 295. The fourth-order valence-electron chi connectivity index (χ4n) is 0.849. The highest BCUT2D eigenvalue weighted by atomic mass is 35.5. The van der Waals surface area contributed by atoms with Crippen molar-refractivity contribution < 1.29 is 34.1 Å². The van der Waals surface area contributed by atoms with E-state index in [1.165, 1.54) is 0 Å². The van der Waals surface area contributed by atoms with E-state index in [4.69, 9.17) is 10.2 Å². The van der Waals surface area contributed by atoms with Crippen molar-refractivity contribution in [2.45, 2.75) is 32.4 Å². The third-order valence-electron chi connectivity index (χ3n) is 1.53. The van der Waals surface area contributed by atoms with Crippen LogP contribution in [0.4, 0.5) is 4.79 Å². The second kappa shape index (κ2) is 9.49. The Morgan fingerprint density at radius 2 is 1.78 bits per heavy atom. The summed E-state index contributed by atoms with van der Waals surface area (Å²) in [6, 6.07) is -1.32. The number of rotatable bonds is 7.